The summed E-state index contributed by atoms with van der Waals surface area (Å²) in [4.78, 5) is 22.5. The van der Waals surface area contributed by atoms with Crippen LogP contribution in [0.15, 0.2) is 0 Å². The third kappa shape index (κ3) is 3.20. The molecular formula is C10H17NO4. The highest BCUT2D eigenvalue weighted by molar-refractivity contribution is 5.84. The summed E-state index contributed by atoms with van der Waals surface area (Å²) in [6, 6.07) is -0.749. The van der Waals surface area contributed by atoms with E-state index in [1.54, 1.807) is 20.8 Å². The van der Waals surface area contributed by atoms with Crippen molar-refractivity contribution in [2.24, 2.45) is 0 Å². The molecule has 0 aromatic carbocycles. The summed E-state index contributed by atoms with van der Waals surface area (Å²) in [5.74, 6) is -0.655. The second-order valence-corrected chi connectivity index (χ2v) is 4.56. The lowest BCUT2D eigenvalue weighted by atomic mass is 9.97. The van der Waals surface area contributed by atoms with Gasteiger partial charge in [-0.1, -0.05) is 0 Å². The van der Waals surface area contributed by atoms with Gasteiger partial charge in [0.15, 0.2) is 0 Å². The van der Waals surface area contributed by atoms with Crippen LogP contribution in [0.5, 0.6) is 0 Å². The maximum atomic E-state index is 11.5. The predicted octanol–water partition coefficient (Wildman–Crippen LogP) is 0.232. The molecule has 1 heterocycles. The van der Waals surface area contributed by atoms with Gasteiger partial charge in [0.05, 0.1) is 7.11 Å². The average Bonchev–Trinajstić information content (AvgIpc) is 1.97. The van der Waals surface area contributed by atoms with Crippen LogP contribution in [0.4, 0.5) is 0 Å². The molecule has 86 valence electrons. The van der Waals surface area contributed by atoms with Gasteiger partial charge in [-0.25, -0.2) is 0 Å². The number of nitrogens with one attached hydrogen (secondary N) is 1. The molecule has 0 saturated carbocycles. The zero-order chi connectivity index (χ0) is 11.6. The summed E-state index contributed by atoms with van der Waals surface area (Å²) in [5, 5.41) is 2.80. The second-order valence-electron chi connectivity index (χ2n) is 4.56. The molecule has 0 amide bonds. The lowest BCUT2D eigenvalue weighted by molar-refractivity contribution is -0.163. The maximum absolute atomic E-state index is 11.5. The number of hydrogen-bond acceptors (Lipinski definition) is 5. The van der Waals surface area contributed by atoms with Crippen molar-refractivity contribution < 1.29 is 19.1 Å². The number of methoxy groups -OCH3 is 1. The van der Waals surface area contributed by atoms with Crippen molar-refractivity contribution in [2.45, 2.75) is 44.9 Å². The van der Waals surface area contributed by atoms with Crippen LogP contribution >= 0.6 is 0 Å². The molecule has 5 heteroatoms. The minimum Gasteiger partial charge on any atom is -0.468 e. The summed E-state index contributed by atoms with van der Waals surface area (Å²) in [5.41, 5.74) is -0.491. The largest absolute Gasteiger partial charge is 0.468 e. The van der Waals surface area contributed by atoms with Crippen LogP contribution in [0.2, 0.25) is 0 Å². The summed E-state index contributed by atoms with van der Waals surface area (Å²) in [6.07, 6.45) is 0.446. The number of hydrogen-bond donors (Lipinski definition) is 1. The van der Waals surface area contributed by atoms with Crippen LogP contribution in [-0.2, 0) is 19.1 Å². The van der Waals surface area contributed by atoms with Gasteiger partial charge in [-0.2, -0.15) is 0 Å². The molecule has 1 rings (SSSR count). The first-order valence-electron chi connectivity index (χ1n) is 4.90. The number of rotatable bonds is 2. The standard InChI is InChI=1S/C10H17NO4/c1-10(2,3)15-9(13)7-5-6(11-7)8(12)14-4/h6-7,11H,5H2,1-4H3/t6-,7-/m0/s1. The van der Waals surface area contributed by atoms with E-state index in [-0.39, 0.29) is 24.0 Å². The third-order valence-electron chi connectivity index (χ3n) is 2.05. The molecule has 1 N–H and O–H groups in total. The molecule has 5 nitrogen and oxygen atoms in total. The van der Waals surface area contributed by atoms with Crippen LogP contribution in [0, 0.1) is 0 Å². The predicted molar refractivity (Wildman–Crippen MR) is 53.2 cm³/mol. The Bertz CT molecular complexity index is 263. The van der Waals surface area contributed by atoms with E-state index in [0.717, 1.165) is 0 Å². The molecule has 1 aliphatic heterocycles. The molecule has 0 unspecified atom stereocenters. The van der Waals surface area contributed by atoms with Gasteiger partial charge in [-0.05, 0) is 27.2 Å². The fourth-order valence-corrected chi connectivity index (χ4v) is 1.30. The van der Waals surface area contributed by atoms with Gasteiger partial charge in [0.25, 0.3) is 0 Å². The SMILES string of the molecule is COC(=O)[C@@H]1C[C@@H](C(=O)OC(C)(C)C)N1. The molecule has 2 atom stereocenters. The van der Waals surface area contributed by atoms with Crippen LogP contribution in [-0.4, -0.2) is 36.7 Å². The molecule has 0 aromatic rings. The van der Waals surface area contributed by atoms with Crippen molar-refractivity contribution in [3.8, 4) is 0 Å². The Morgan fingerprint density at radius 3 is 2.07 bits per heavy atom. The van der Waals surface area contributed by atoms with E-state index in [1.807, 2.05) is 0 Å². The third-order valence-corrected chi connectivity index (χ3v) is 2.05. The highest BCUT2D eigenvalue weighted by Crippen LogP contribution is 2.17. The molecule has 1 saturated heterocycles. The molecule has 0 bridgehead atoms. The highest BCUT2D eigenvalue weighted by atomic mass is 16.6. The Morgan fingerprint density at radius 1 is 1.20 bits per heavy atom. The highest BCUT2D eigenvalue weighted by Gasteiger charge is 2.40. The van der Waals surface area contributed by atoms with Crippen molar-refractivity contribution in [2.75, 3.05) is 7.11 Å². The molecular weight excluding hydrogens is 198 g/mol. The summed E-state index contributed by atoms with van der Waals surface area (Å²) >= 11 is 0. The minimum atomic E-state index is -0.491. The lowest BCUT2D eigenvalue weighted by Gasteiger charge is -2.35. The Balaban J connectivity index is 2.33. The smallest absolute Gasteiger partial charge is 0.323 e. The zero-order valence-electron chi connectivity index (χ0n) is 9.49. The fourth-order valence-electron chi connectivity index (χ4n) is 1.30. The van der Waals surface area contributed by atoms with Gasteiger partial charge in [0.1, 0.15) is 17.7 Å². The molecule has 1 aliphatic rings. The maximum Gasteiger partial charge on any atom is 0.323 e. The Morgan fingerprint density at radius 2 is 1.67 bits per heavy atom. The van der Waals surface area contributed by atoms with Crippen molar-refractivity contribution in [3.05, 3.63) is 0 Å². The van der Waals surface area contributed by atoms with Gasteiger partial charge in [-0.3, -0.25) is 14.9 Å². The monoisotopic (exact) mass is 215 g/mol. The van der Waals surface area contributed by atoms with Crippen LogP contribution < -0.4 is 5.32 Å². The first-order valence-corrected chi connectivity index (χ1v) is 4.90. The number of esters is 2. The Kier molecular flexibility index (Phi) is 3.34. The minimum absolute atomic E-state index is 0.317. The molecule has 0 aromatic heterocycles. The topological polar surface area (TPSA) is 64.6 Å². The quantitative estimate of drug-likeness (QED) is 0.668. The lowest BCUT2D eigenvalue weighted by Crippen LogP contribution is -2.61. The molecule has 0 aliphatic carbocycles. The number of carbonyl (C=O) groups excluding carboxylic acids is 2. The first-order chi connectivity index (χ1) is 6.83. The van der Waals surface area contributed by atoms with E-state index in [9.17, 15) is 9.59 Å². The fraction of sp³-hybridized carbons (Fsp3) is 0.800. The van der Waals surface area contributed by atoms with Crippen molar-refractivity contribution >= 4 is 11.9 Å². The summed E-state index contributed by atoms with van der Waals surface area (Å²) in [6.45, 7) is 5.42. The van der Waals surface area contributed by atoms with Crippen LogP contribution in [0.1, 0.15) is 27.2 Å². The molecule has 0 spiro atoms. The molecule has 1 fully saturated rings. The Hall–Kier alpha value is -1.10. The van der Waals surface area contributed by atoms with E-state index in [1.165, 1.54) is 7.11 Å². The normalized spacial score (nSPS) is 25.3. The van der Waals surface area contributed by atoms with Crippen LogP contribution in [0.25, 0.3) is 0 Å². The molecule has 15 heavy (non-hydrogen) atoms. The van der Waals surface area contributed by atoms with Gasteiger partial charge in [0, 0.05) is 0 Å². The van der Waals surface area contributed by atoms with E-state index < -0.39 is 5.60 Å². The van der Waals surface area contributed by atoms with E-state index >= 15 is 0 Å². The van der Waals surface area contributed by atoms with Crippen molar-refractivity contribution in [3.63, 3.8) is 0 Å². The van der Waals surface area contributed by atoms with Crippen molar-refractivity contribution in [1.82, 2.24) is 5.32 Å². The van der Waals surface area contributed by atoms with Gasteiger partial charge in [-0.15, -0.1) is 0 Å². The molecule has 0 radical (unpaired) electrons. The zero-order valence-corrected chi connectivity index (χ0v) is 9.49. The van der Waals surface area contributed by atoms with E-state index in [2.05, 4.69) is 10.1 Å². The van der Waals surface area contributed by atoms with Crippen molar-refractivity contribution in [1.29, 1.82) is 0 Å². The van der Waals surface area contributed by atoms with Gasteiger partial charge >= 0.3 is 11.9 Å². The Labute approximate surface area is 89.1 Å². The second kappa shape index (κ2) is 4.18. The summed E-state index contributed by atoms with van der Waals surface area (Å²) < 4.78 is 9.68. The van der Waals surface area contributed by atoms with E-state index in [4.69, 9.17) is 4.74 Å². The van der Waals surface area contributed by atoms with Gasteiger partial charge < -0.3 is 9.47 Å². The number of ether oxygens (including phenoxy) is 2. The van der Waals surface area contributed by atoms with E-state index in [0.29, 0.717) is 6.42 Å². The first kappa shape index (κ1) is 12.0. The van der Waals surface area contributed by atoms with Crippen LogP contribution in [0.3, 0.4) is 0 Å². The van der Waals surface area contributed by atoms with Gasteiger partial charge in [0.2, 0.25) is 0 Å². The number of carbonyl (C=O) groups is 2. The average molecular weight is 215 g/mol. The summed E-state index contributed by atoms with van der Waals surface area (Å²) in [7, 11) is 1.32.